The quantitative estimate of drug-likeness (QED) is 0.161. The summed E-state index contributed by atoms with van der Waals surface area (Å²) in [6.07, 6.45) is 0. The van der Waals surface area contributed by atoms with Crippen LogP contribution < -0.4 is 15.9 Å². The molecule has 0 spiro atoms. The molecule has 0 saturated heterocycles. The Hall–Kier alpha value is -6.72. The minimum atomic E-state index is -3.43. The first-order chi connectivity index (χ1) is 26.6. The molecule has 54 heavy (non-hydrogen) atoms. The van der Waals surface area contributed by atoms with E-state index in [4.69, 9.17) is 0 Å². The van der Waals surface area contributed by atoms with Gasteiger partial charge in [0.1, 0.15) is 0 Å². The minimum absolute atomic E-state index is 0.470. The molecule has 0 aliphatic heterocycles. The number of hydrogen-bond acceptors (Lipinski definition) is 2. The van der Waals surface area contributed by atoms with Gasteiger partial charge >= 0.3 is 0 Å². The highest BCUT2D eigenvalue weighted by molar-refractivity contribution is 7.85. The molecule has 10 rings (SSSR count). The summed E-state index contributed by atoms with van der Waals surface area (Å²) in [7, 11) is -3.43. The van der Waals surface area contributed by atoms with Crippen LogP contribution >= 0.6 is 7.14 Å². The van der Waals surface area contributed by atoms with E-state index in [1.807, 2.05) is 78.9 Å². The SMILES string of the molecule is N#Cc1cc(C2(c3ccc4c(c3)c3ccccc3n4-c3ccccc3)c3ccccc3-c3ccccc32)cc(P(=O)(c2ccccc2)c2ccccc2)c1. The fourth-order valence-corrected chi connectivity index (χ4v) is 11.6. The number of nitrogens with zero attached hydrogens (tertiary/aromatic N) is 2. The Kier molecular flexibility index (Phi) is 7.37. The molecule has 0 fully saturated rings. The van der Waals surface area contributed by atoms with Gasteiger partial charge in [0, 0.05) is 32.4 Å². The lowest BCUT2D eigenvalue weighted by molar-refractivity contribution is 0.592. The summed E-state index contributed by atoms with van der Waals surface area (Å²) < 4.78 is 18.3. The molecule has 4 heteroatoms. The number of benzene rings is 8. The summed E-state index contributed by atoms with van der Waals surface area (Å²) in [4.78, 5) is 0. The second-order valence-electron chi connectivity index (χ2n) is 13.9. The first kappa shape index (κ1) is 32.0. The summed E-state index contributed by atoms with van der Waals surface area (Å²) in [5, 5.41) is 15.1. The van der Waals surface area contributed by atoms with Crippen LogP contribution in [0.3, 0.4) is 0 Å². The molecule has 1 heterocycles. The van der Waals surface area contributed by atoms with Crippen LogP contribution in [-0.4, -0.2) is 4.57 Å². The second-order valence-corrected chi connectivity index (χ2v) is 16.7. The van der Waals surface area contributed by atoms with Gasteiger partial charge in [-0.15, -0.1) is 0 Å². The van der Waals surface area contributed by atoms with E-state index in [0.717, 1.165) is 71.5 Å². The summed E-state index contributed by atoms with van der Waals surface area (Å²) in [6.45, 7) is 0. The highest BCUT2D eigenvalue weighted by Crippen LogP contribution is 2.57. The third-order valence-corrected chi connectivity index (χ3v) is 14.2. The van der Waals surface area contributed by atoms with E-state index in [9.17, 15) is 5.26 Å². The average molecular weight is 709 g/mol. The predicted molar refractivity (Wildman–Crippen MR) is 222 cm³/mol. The van der Waals surface area contributed by atoms with E-state index in [1.54, 1.807) is 0 Å². The van der Waals surface area contributed by atoms with Crippen LogP contribution in [0.1, 0.15) is 27.8 Å². The molecule has 9 aromatic rings. The number of nitriles is 1. The van der Waals surface area contributed by atoms with E-state index in [0.29, 0.717) is 10.9 Å². The molecule has 0 N–H and O–H groups in total. The van der Waals surface area contributed by atoms with Gasteiger partial charge < -0.3 is 9.13 Å². The fourth-order valence-electron chi connectivity index (χ4n) is 8.88. The number of rotatable bonds is 6. The van der Waals surface area contributed by atoms with E-state index in [-0.39, 0.29) is 0 Å². The third kappa shape index (κ3) is 4.58. The minimum Gasteiger partial charge on any atom is -0.309 e. The summed E-state index contributed by atoms with van der Waals surface area (Å²) in [6, 6.07) is 71.0. The Labute approximate surface area is 314 Å². The molecule has 3 nitrogen and oxygen atoms in total. The average Bonchev–Trinajstić information content (AvgIpc) is 3.75. The molecular formula is C50H33N2OP. The van der Waals surface area contributed by atoms with Crippen molar-refractivity contribution in [2.45, 2.75) is 5.41 Å². The first-order valence-electron chi connectivity index (χ1n) is 18.2. The summed E-state index contributed by atoms with van der Waals surface area (Å²) in [5.41, 5.74) is 9.56. The standard InChI is InChI=1S/C50H33N2OP/c51-34-35-30-37(32-41(31-35)54(53,39-18-6-2-7-19-39)40-20-8-3-9-21-40)50(46-25-13-10-22-42(46)43-23-11-14-26-47(43)50)36-28-29-49-45(33-36)44-24-12-15-27-48(44)52(49)38-16-4-1-5-17-38/h1-33H. The van der Waals surface area contributed by atoms with Gasteiger partial charge in [-0.2, -0.15) is 5.26 Å². The van der Waals surface area contributed by atoms with Crippen molar-refractivity contribution >= 4 is 44.9 Å². The zero-order valence-corrected chi connectivity index (χ0v) is 30.2. The number of aromatic nitrogens is 1. The molecule has 8 aromatic carbocycles. The Morgan fingerprint density at radius 1 is 0.463 bits per heavy atom. The molecule has 0 saturated carbocycles. The van der Waals surface area contributed by atoms with Crippen molar-refractivity contribution in [3.63, 3.8) is 0 Å². The molecule has 0 amide bonds. The molecular weight excluding hydrogens is 676 g/mol. The van der Waals surface area contributed by atoms with Crippen molar-refractivity contribution in [2.75, 3.05) is 0 Å². The molecule has 0 atom stereocenters. The van der Waals surface area contributed by atoms with Crippen molar-refractivity contribution in [3.8, 4) is 22.9 Å². The van der Waals surface area contributed by atoms with Crippen LogP contribution in [0.25, 0.3) is 38.6 Å². The van der Waals surface area contributed by atoms with Crippen molar-refractivity contribution < 1.29 is 4.57 Å². The Bertz CT molecular complexity index is 2890. The highest BCUT2D eigenvalue weighted by atomic mass is 31.2. The van der Waals surface area contributed by atoms with Gasteiger partial charge in [-0.25, -0.2) is 0 Å². The molecule has 254 valence electrons. The zero-order chi connectivity index (χ0) is 36.3. The van der Waals surface area contributed by atoms with Gasteiger partial charge in [-0.3, -0.25) is 0 Å². The Morgan fingerprint density at radius 3 is 1.63 bits per heavy atom. The molecule has 0 radical (unpaired) electrons. The fraction of sp³-hybridized carbons (Fsp3) is 0.0200. The van der Waals surface area contributed by atoms with Crippen LogP contribution in [0.4, 0.5) is 0 Å². The molecule has 0 bridgehead atoms. The van der Waals surface area contributed by atoms with Crippen molar-refractivity contribution in [1.82, 2.24) is 4.57 Å². The first-order valence-corrected chi connectivity index (χ1v) is 19.9. The van der Waals surface area contributed by atoms with Gasteiger partial charge in [0.25, 0.3) is 0 Å². The number of fused-ring (bicyclic) bond motifs is 6. The lowest BCUT2D eigenvalue weighted by atomic mass is 9.67. The largest absolute Gasteiger partial charge is 0.309 e. The lowest BCUT2D eigenvalue weighted by Gasteiger charge is -2.35. The van der Waals surface area contributed by atoms with Crippen molar-refractivity contribution in [3.05, 3.63) is 228 Å². The van der Waals surface area contributed by atoms with Gasteiger partial charge in [0.15, 0.2) is 7.14 Å². The zero-order valence-electron chi connectivity index (χ0n) is 29.3. The maximum Gasteiger partial charge on any atom is 0.171 e. The number of hydrogen-bond donors (Lipinski definition) is 0. The van der Waals surface area contributed by atoms with Gasteiger partial charge in [-0.1, -0.05) is 152 Å². The topological polar surface area (TPSA) is 45.8 Å². The third-order valence-electron chi connectivity index (χ3n) is 11.2. The second kappa shape index (κ2) is 12.5. The van der Waals surface area contributed by atoms with E-state index >= 15 is 4.57 Å². The van der Waals surface area contributed by atoms with Crippen LogP contribution in [-0.2, 0) is 9.98 Å². The number of para-hydroxylation sites is 2. The van der Waals surface area contributed by atoms with Gasteiger partial charge in [0.2, 0.25) is 0 Å². The summed E-state index contributed by atoms with van der Waals surface area (Å²) >= 11 is 0. The smallest absolute Gasteiger partial charge is 0.171 e. The molecule has 1 aliphatic rings. The van der Waals surface area contributed by atoms with E-state index in [2.05, 4.69) is 132 Å². The molecule has 0 unspecified atom stereocenters. The van der Waals surface area contributed by atoms with Crippen LogP contribution in [0.15, 0.2) is 200 Å². The molecule has 1 aromatic heterocycles. The summed E-state index contributed by atoms with van der Waals surface area (Å²) in [5.74, 6) is 0. The van der Waals surface area contributed by atoms with Gasteiger partial charge in [-0.05, 0) is 81.9 Å². The maximum absolute atomic E-state index is 15.9. The Balaban J connectivity index is 1.33. The highest BCUT2D eigenvalue weighted by Gasteiger charge is 2.47. The van der Waals surface area contributed by atoms with Crippen molar-refractivity contribution in [1.29, 1.82) is 5.26 Å². The monoisotopic (exact) mass is 708 g/mol. The normalized spacial score (nSPS) is 13.0. The maximum atomic E-state index is 15.9. The van der Waals surface area contributed by atoms with E-state index < -0.39 is 12.6 Å². The van der Waals surface area contributed by atoms with Crippen LogP contribution in [0.5, 0.6) is 0 Å². The van der Waals surface area contributed by atoms with Gasteiger partial charge in [0.05, 0.1) is 28.1 Å². The lowest BCUT2D eigenvalue weighted by Crippen LogP contribution is -2.31. The van der Waals surface area contributed by atoms with E-state index in [1.165, 1.54) is 0 Å². The van der Waals surface area contributed by atoms with Crippen LogP contribution in [0, 0.1) is 11.3 Å². The molecule has 1 aliphatic carbocycles. The van der Waals surface area contributed by atoms with Crippen LogP contribution in [0.2, 0.25) is 0 Å². The van der Waals surface area contributed by atoms with Crippen molar-refractivity contribution in [2.24, 2.45) is 0 Å². The Morgan fingerprint density at radius 2 is 1.00 bits per heavy atom. The predicted octanol–water partition coefficient (Wildman–Crippen LogP) is 10.7.